The molecule has 2 aromatic heterocycles. The van der Waals surface area contributed by atoms with Crippen molar-refractivity contribution in [3.63, 3.8) is 0 Å². The van der Waals surface area contributed by atoms with Crippen molar-refractivity contribution in [3.8, 4) is 22.6 Å². The maximum absolute atomic E-state index is 13.0. The second kappa shape index (κ2) is 11.4. The third-order valence-corrected chi connectivity index (χ3v) is 5.85. The molecule has 0 bridgehead atoms. The van der Waals surface area contributed by atoms with Crippen LogP contribution in [0.15, 0.2) is 73.3 Å². The average molecular weight is 538 g/mol. The standard InChI is InChI=1S/C28H26F3N5O3/c1-18-7-8-23(34-26(37)10-19-5-4-6-22(9-19)28(29,30)31)12-25(18)36-16-21(14-33-36)20-11-24(15-32-13-20)39-17-27(38)35(2)3/h4-9,11-16H,10,17H2,1-3H3,(H,34,37). The van der Waals surface area contributed by atoms with Gasteiger partial charge in [-0.05, 0) is 42.3 Å². The van der Waals surface area contributed by atoms with Crippen molar-refractivity contribution in [2.45, 2.75) is 19.5 Å². The number of likely N-dealkylation sites (N-methyl/N-ethyl adjacent to an activating group) is 1. The first-order chi connectivity index (χ1) is 18.5. The summed E-state index contributed by atoms with van der Waals surface area (Å²) in [5.41, 5.74) is 3.02. The van der Waals surface area contributed by atoms with Crippen LogP contribution in [0.3, 0.4) is 0 Å². The molecule has 202 valence electrons. The van der Waals surface area contributed by atoms with Crippen LogP contribution < -0.4 is 10.1 Å². The van der Waals surface area contributed by atoms with Crippen molar-refractivity contribution in [1.82, 2.24) is 19.7 Å². The molecule has 4 aromatic rings. The lowest BCUT2D eigenvalue weighted by atomic mass is 10.1. The second-order valence-corrected chi connectivity index (χ2v) is 9.08. The zero-order valence-corrected chi connectivity index (χ0v) is 21.5. The monoisotopic (exact) mass is 537 g/mol. The molecule has 0 radical (unpaired) electrons. The predicted molar refractivity (Wildman–Crippen MR) is 139 cm³/mol. The minimum Gasteiger partial charge on any atom is -0.482 e. The van der Waals surface area contributed by atoms with E-state index in [0.29, 0.717) is 17.1 Å². The summed E-state index contributed by atoms with van der Waals surface area (Å²) in [6.07, 6.45) is 1.94. The smallest absolute Gasteiger partial charge is 0.416 e. The second-order valence-electron chi connectivity index (χ2n) is 9.08. The lowest BCUT2D eigenvalue weighted by Crippen LogP contribution is -2.27. The summed E-state index contributed by atoms with van der Waals surface area (Å²) in [5.74, 6) is -0.177. The maximum atomic E-state index is 13.0. The lowest BCUT2D eigenvalue weighted by Gasteiger charge is -2.12. The number of hydrogen-bond donors (Lipinski definition) is 1. The fourth-order valence-electron chi connectivity index (χ4n) is 3.72. The third kappa shape index (κ3) is 7.01. The number of ether oxygens (including phenoxy) is 1. The highest BCUT2D eigenvalue weighted by atomic mass is 19.4. The lowest BCUT2D eigenvalue weighted by molar-refractivity contribution is -0.137. The molecule has 2 amide bonds. The molecule has 4 rings (SSSR count). The number of carbonyl (C=O) groups is 2. The van der Waals surface area contributed by atoms with Crippen LogP contribution in [0.1, 0.15) is 16.7 Å². The molecule has 39 heavy (non-hydrogen) atoms. The normalized spacial score (nSPS) is 11.2. The molecule has 0 atom stereocenters. The molecule has 8 nitrogen and oxygen atoms in total. The van der Waals surface area contributed by atoms with E-state index in [4.69, 9.17) is 4.74 Å². The van der Waals surface area contributed by atoms with Crippen LogP contribution >= 0.6 is 0 Å². The zero-order chi connectivity index (χ0) is 28.2. The molecular formula is C28H26F3N5O3. The maximum Gasteiger partial charge on any atom is 0.416 e. The molecule has 0 fully saturated rings. The number of hydrogen-bond acceptors (Lipinski definition) is 5. The third-order valence-electron chi connectivity index (χ3n) is 5.85. The molecule has 1 N–H and O–H groups in total. The molecule has 0 spiro atoms. The number of aromatic nitrogens is 3. The summed E-state index contributed by atoms with van der Waals surface area (Å²) < 4.78 is 46.1. The van der Waals surface area contributed by atoms with E-state index in [1.807, 2.05) is 13.0 Å². The first-order valence-electron chi connectivity index (χ1n) is 11.9. The van der Waals surface area contributed by atoms with Crippen molar-refractivity contribution >= 4 is 17.5 Å². The van der Waals surface area contributed by atoms with Gasteiger partial charge in [-0.3, -0.25) is 14.6 Å². The van der Waals surface area contributed by atoms with Gasteiger partial charge in [0.05, 0.1) is 30.1 Å². The molecule has 0 aliphatic heterocycles. The summed E-state index contributed by atoms with van der Waals surface area (Å²) in [6, 6.07) is 11.7. The van der Waals surface area contributed by atoms with E-state index >= 15 is 0 Å². The summed E-state index contributed by atoms with van der Waals surface area (Å²) in [4.78, 5) is 30.0. The Morgan fingerprint density at radius 2 is 1.82 bits per heavy atom. The van der Waals surface area contributed by atoms with Gasteiger partial charge in [0.25, 0.3) is 5.91 Å². The van der Waals surface area contributed by atoms with Gasteiger partial charge >= 0.3 is 6.18 Å². The number of nitrogens with zero attached hydrogens (tertiary/aromatic N) is 4. The van der Waals surface area contributed by atoms with E-state index in [1.54, 1.807) is 55.6 Å². The number of amides is 2. The van der Waals surface area contributed by atoms with Crippen molar-refractivity contribution in [2.75, 3.05) is 26.0 Å². The molecule has 0 saturated carbocycles. The molecule has 2 aromatic carbocycles. The largest absolute Gasteiger partial charge is 0.482 e. The van der Waals surface area contributed by atoms with Gasteiger partial charge in [0.2, 0.25) is 5.91 Å². The Morgan fingerprint density at radius 3 is 2.56 bits per heavy atom. The number of halogens is 3. The van der Waals surface area contributed by atoms with Gasteiger partial charge in [-0.2, -0.15) is 18.3 Å². The molecule has 0 unspecified atom stereocenters. The topological polar surface area (TPSA) is 89.3 Å². The Bertz CT molecular complexity index is 1500. The number of aryl methyl sites for hydroxylation is 1. The highest BCUT2D eigenvalue weighted by molar-refractivity contribution is 5.92. The summed E-state index contributed by atoms with van der Waals surface area (Å²) in [7, 11) is 3.29. The highest BCUT2D eigenvalue weighted by Crippen LogP contribution is 2.30. The van der Waals surface area contributed by atoms with Crippen LogP contribution in [-0.4, -0.2) is 52.2 Å². The van der Waals surface area contributed by atoms with Crippen LogP contribution in [0.4, 0.5) is 18.9 Å². The number of pyridine rings is 1. The van der Waals surface area contributed by atoms with Crippen LogP contribution in [0.5, 0.6) is 5.75 Å². The Kier molecular flexibility index (Phi) is 7.99. The Hall–Kier alpha value is -4.67. The van der Waals surface area contributed by atoms with Crippen molar-refractivity contribution in [2.24, 2.45) is 0 Å². The fourth-order valence-corrected chi connectivity index (χ4v) is 3.72. The minimum atomic E-state index is -4.48. The summed E-state index contributed by atoms with van der Waals surface area (Å²) in [6.45, 7) is 1.78. The number of alkyl halides is 3. The quantitative estimate of drug-likeness (QED) is 0.345. The van der Waals surface area contributed by atoms with Crippen LogP contribution in [0.2, 0.25) is 0 Å². The molecular weight excluding hydrogens is 511 g/mol. The number of carbonyl (C=O) groups excluding carboxylic acids is 2. The highest BCUT2D eigenvalue weighted by Gasteiger charge is 2.30. The van der Waals surface area contributed by atoms with E-state index in [0.717, 1.165) is 28.8 Å². The van der Waals surface area contributed by atoms with Gasteiger partial charge in [-0.25, -0.2) is 4.68 Å². The average Bonchev–Trinajstić information content (AvgIpc) is 3.38. The van der Waals surface area contributed by atoms with Gasteiger partial charge in [0.15, 0.2) is 6.61 Å². The van der Waals surface area contributed by atoms with Gasteiger partial charge in [0, 0.05) is 43.3 Å². The number of rotatable bonds is 8. The van der Waals surface area contributed by atoms with Gasteiger partial charge < -0.3 is 15.0 Å². The van der Waals surface area contributed by atoms with E-state index in [9.17, 15) is 22.8 Å². The van der Waals surface area contributed by atoms with Gasteiger partial charge in [-0.1, -0.05) is 24.3 Å². The molecule has 11 heteroatoms. The van der Waals surface area contributed by atoms with Crippen molar-refractivity contribution in [3.05, 3.63) is 90.0 Å². The molecule has 0 saturated heterocycles. The Morgan fingerprint density at radius 1 is 1.03 bits per heavy atom. The van der Waals surface area contributed by atoms with E-state index in [2.05, 4.69) is 15.4 Å². The van der Waals surface area contributed by atoms with Crippen molar-refractivity contribution < 1.29 is 27.5 Å². The van der Waals surface area contributed by atoms with Gasteiger partial charge in [-0.15, -0.1) is 0 Å². The number of benzene rings is 2. The SMILES string of the molecule is Cc1ccc(NC(=O)Cc2cccc(C(F)(F)F)c2)cc1-n1cc(-c2cncc(OCC(=O)N(C)C)c2)cn1. The number of nitrogens with one attached hydrogen (secondary N) is 1. The van der Waals surface area contributed by atoms with Crippen molar-refractivity contribution in [1.29, 1.82) is 0 Å². The molecule has 0 aliphatic rings. The Balaban J connectivity index is 1.47. The summed E-state index contributed by atoms with van der Waals surface area (Å²) >= 11 is 0. The molecule has 0 aliphatic carbocycles. The number of anilines is 1. The molecule has 2 heterocycles. The fraction of sp³-hybridized carbons (Fsp3) is 0.214. The van der Waals surface area contributed by atoms with E-state index in [1.165, 1.54) is 23.2 Å². The Labute approximate surface area is 223 Å². The minimum absolute atomic E-state index is 0.108. The van der Waals surface area contributed by atoms with Crippen LogP contribution in [0, 0.1) is 6.92 Å². The predicted octanol–water partition coefficient (Wildman–Crippen LogP) is 4.91. The van der Waals surface area contributed by atoms with Crippen LogP contribution in [0.25, 0.3) is 16.8 Å². The van der Waals surface area contributed by atoms with E-state index < -0.39 is 17.6 Å². The first-order valence-corrected chi connectivity index (χ1v) is 11.9. The summed E-state index contributed by atoms with van der Waals surface area (Å²) in [5, 5.41) is 7.18. The zero-order valence-electron chi connectivity index (χ0n) is 21.5. The van der Waals surface area contributed by atoms with Crippen LogP contribution in [-0.2, 0) is 22.2 Å². The van der Waals surface area contributed by atoms with Gasteiger partial charge in [0.1, 0.15) is 5.75 Å². The van der Waals surface area contributed by atoms with E-state index in [-0.39, 0.29) is 24.5 Å². The first kappa shape index (κ1) is 27.4.